The molecular weight excluding hydrogens is 236 g/mol. The number of nitrogens with zero attached hydrogens (tertiary/aromatic N) is 1. The lowest BCUT2D eigenvalue weighted by Gasteiger charge is -2.21. The molecule has 2 atom stereocenters. The average molecular weight is 254 g/mol. The Labute approximate surface area is 106 Å². The summed E-state index contributed by atoms with van der Waals surface area (Å²) in [5, 5.41) is 14.0. The van der Waals surface area contributed by atoms with Crippen LogP contribution >= 0.6 is 0 Å². The molecule has 0 aromatic heterocycles. The van der Waals surface area contributed by atoms with Crippen molar-refractivity contribution in [3.05, 3.63) is 28.3 Å². The average Bonchev–Trinajstić information content (AvgIpc) is 2.37. The first-order chi connectivity index (χ1) is 8.49. The number of nitro benzene ring substituents is 1. The molecule has 0 heterocycles. The molecule has 0 spiro atoms. The summed E-state index contributed by atoms with van der Waals surface area (Å²) in [7, 11) is 3.03. The lowest BCUT2D eigenvalue weighted by Crippen LogP contribution is -2.29. The molecule has 1 rings (SSSR count). The second kappa shape index (κ2) is 6.20. The quantitative estimate of drug-likeness (QED) is 0.623. The fourth-order valence-electron chi connectivity index (χ4n) is 1.51. The van der Waals surface area contributed by atoms with Gasteiger partial charge in [-0.05, 0) is 26.0 Å². The highest BCUT2D eigenvalue weighted by atomic mass is 16.6. The van der Waals surface area contributed by atoms with Crippen LogP contribution in [0.1, 0.15) is 13.8 Å². The Balaban J connectivity index is 2.91. The van der Waals surface area contributed by atoms with Crippen LogP contribution in [0.3, 0.4) is 0 Å². The summed E-state index contributed by atoms with van der Waals surface area (Å²) in [6.45, 7) is 3.87. The van der Waals surface area contributed by atoms with Crippen molar-refractivity contribution in [3.63, 3.8) is 0 Å². The smallest absolute Gasteiger partial charge is 0.312 e. The number of methoxy groups -OCH3 is 2. The standard InChI is InChI=1S/C12H18N2O4/c1-8(9(2)17-3)13-10-5-6-12(18-4)11(7-10)14(15)16/h5-9,13H,1-4H3. The maximum absolute atomic E-state index is 10.9. The van der Waals surface area contributed by atoms with Gasteiger partial charge in [-0.2, -0.15) is 0 Å². The van der Waals surface area contributed by atoms with Crippen molar-refractivity contribution in [1.29, 1.82) is 0 Å². The van der Waals surface area contributed by atoms with E-state index in [0.29, 0.717) is 5.69 Å². The van der Waals surface area contributed by atoms with Gasteiger partial charge in [-0.3, -0.25) is 10.1 Å². The molecule has 0 aliphatic heterocycles. The minimum Gasteiger partial charge on any atom is -0.490 e. The summed E-state index contributed by atoms with van der Waals surface area (Å²) in [6.07, 6.45) is 0.00570. The van der Waals surface area contributed by atoms with E-state index in [9.17, 15) is 10.1 Å². The van der Waals surface area contributed by atoms with Crippen LogP contribution in [-0.2, 0) is 4.74 Å². The van der Waals surface area contributed by atoms with Crippen molar-refractivity contribution in [1.82, 2.24) is 0 Å². The van der Waals surface area contributed by atoms with Crippen molar-refractivity contribution >= 4 is 11.4 Å². The highest BCUT2D eigenvalue weighted by Gasteiger charge is 2.17. The molecule has 0 fully saturated rings. The number of ether oxygens (including phenoxy) is 2. The maximum Gasteiger partial charge on any atom is 0.312 e. The van der Waals surface area contributed by atoms with Crippen LogP contribution in [0.25, 0.3) is 0 Å². The fourth-order valence-corrected chi connectivity index (χ4v) is 1.51. The Hall–Kier alpha value is -1.82. The third-order valence-corrected chi connectivity index (χ3v) is 2.85. The van der Waals surface area contributed by atoms with E-state index in [1.165, 1.54) is 13.2 Å². The third kappa shape index (κ3) is 3.33. The van der Waals surface area contributed by atoms with Gasteiger partial charge in [0.1, 0.15) is 0 Å². The summed E-state index contributed by atoms with van der Waals surface area (Å²) in [6, 6.07) is 4.82. The monoisotopic (exact) mass is 254 g/mol. The topological polar surface area (TPSA) is 73.6 Å². The molecule has 18 heavy (non-hydrogen) atoms. The predicted octanol–water partition coefficient (Wildman–Crippen LogP) is 2.44. The number of hydrogen-bond donors (Lipinski definition) is 1. The van der Waals surface area contributed by atoms with E-state index in [2.05, 4.69) is 5.32 Å². The minimum absolute atomic E-state index is 0.00570. The van der Waals surface area contributed by atoms with Crippen LogP contribution in [-0.4, -0.2) is 31.3 Å². The van der Waals surface area contributed by atoms with Gasteiger partial charge in [0.05, 0.1) is 18.1 Å². The van der Waals surface area contributed by atoms with Gasteiger partial charge >= 0.3 is 5.69 Å². The third-order valence-electron chi connectivity index (χ3n) is 2.85. The van der Waals surface area contributed by atoms with Crippen LogP contribution in [0.4, 0.5) is 11.4 Å². The van der Waals surface area contributed by atoms with Crippen LogP contribution in [0.5, 0.6) is 5.75 Å². The van der Waals surface area contributed by atoms with Gasteiger partial charge in [0.25, 0.3) is 0 Å². The molecule has 0 saturated carbocycles. The van der Waals surface area contributed by atoms with E-state index >= 15 is 0 Å². The number of nitrogens with one attached hydrogen (secondary N) is 1. The first-order valence-electron chi connectivity index (χ1n) is 5.61. The second-order valence-corrected chi connectivity index (χ2v) is 4.02. The van der Waals surface area contributed by atoms with Crippen molar-refractivity contribution in [2.45, 2.75) is 26.0 Å². The lowest BCUT2D eigenvalue weighted by atomic mass is 10.2. The highest BCUT2D eigenvalue weighted by Crippen LogP contribution is 2.30. The van der Waals surface area contributed by atoms with Gasteiger partial charge in [0, 0.05) is 24.9 Å². The lowest BCUT2D eigenvalue weighted by molar-refractivity contribution is -0.385. The number of hydrogen-bond acceptors (Lipinski definition) is 5. The van der Waals surface area contributed by atoms with Crippen LogP contribution in [0, 0.1) is 10.1 Å². The number of rotatable bonds is 6. The van der Waals surface area contributed by atoms with Crippen LogP contribution in [0.15, 0.2) is 18.2 Å². The molecule has 0 bridgehead atoms. The first kappa shape index (κ1) is 14.2. The van der Waals surface area contributed by atoms with Crippen LogP contribution < -0.4 is 10.1 Å². The van der Waals surface area contributed by atoms with Gasteiger partial charge in [-0.15, -0.1) is 0 Å². The minimum atomic E-state index is -0.464. The van der Waals surface area contributed by atoms with Crippen molar-refractivity contribution in [3.8, 4) is 5.75 Å². The molecular formula is C12H18N2O4. The molecule has 1 aromatic rings. The van der Waals surface area contributed by atoms with Gasteiger partial charge in [0.15, 0.2) is 5.75 Å². The zero-order chi connectivity index (χ0) is 13.7. The SMILES string of the molecule is COc1ccc(NC(C)C(C)OC)cc1[N+](=O)[O-]. The van der Waals surface area contributed by atoms with Gasteiger partial charge in [-0.1, -0.05) is 0 Å². The van der Waals surface area contributed by atoms with Gasteiger partial charge in [0.2, 0.25) is 0 Å². The summed E-state index contributed by atoms with van der Waals surface area (Å²) < 4.78 is 10.1. The zero-order valence-electron chi connectivity index (χ0n) is 11.0. The van der Waals surface area contributed by atoms with E-state index in [4.69, 9.17) is 9.47 Å². The van der Waals surface area contributed by atoms with Crippen molar-refractivity contribution in [2.24, 2.45) is 0 Å². The van der Waals surface area contributed by atoms with E-state index in [1.807, 2.05) is 13.8 Å². The molecule has 6 heteroatoms. The largest absolute Gasteiger partial charge is 0.490 e. The van der Waals surface area contributed by atoms with E-state index < -0.39 is 4.92 Å². The highest BCUT2D eigenvalue weighted by molar-refractivity contribution is 5.58. The molecule has 2 unspecified atom stereocenters. The van der Waals surface area contributed by atoms with Crippen LogP contribution in [0.2, 0.25) is 0 Å². The molecule has 100 valence electrons. The molecule has 6 nitrogen and oxygen atoms in total. The number of anilines is 1. The van der Waals surface area contributed by atoms with Crippen molar-refractivity contribution < 1.29 is 14.4 Å². The fraction of sp³-hybridized carbons (Fsp3) is 0.500. The van der Waals surface area contributed by atoms with Gasteiger partial charge in [-0.25, -0.2) is 0 Å². The molecule has 1 N–H and O–H groups in total. The normalized spacial score (nSPS) is 13.8. The molecule has 0 aliphatic carbocycles. The van der Waals surface area contributed by atoms with E-state index in [0.717, 1.165) is 0 Å². The molecule has 0 amide bonds. The summed E-state index contributed by atoms with van der Waals surface area (Å²) in [5.74, 6) is 0.248. The summed E-state index contributed by atoms with van der Waals surface area (Å²) in [5.41, 5.74) is 0.610. The summed E-state index contributed by atoms with van der Waals surface area (Å²) >= 11 is 0. The molecule has 0 radical (unpaired) electrons. The van der Waals surface area contributed by atoms with Gasteiger partial charge < -0.3 is 14.8 Å². The Kier molecular flexibility index (Phi) is 4.91. The second-order valence-electron chi connectivity index (χ2n) is 4.02. The molecule has 0 saturated heterocycles. The van der Waals surface area contributed by atoms with E-state index in [-0.39, 0.29) is 23.6 Å². The summed E-state index contributed by atoms with van der Waals surface area (Å²) in [4.78, 5) is 10.4. The Bertz CT molecular complexity index is 423. The number of nitro groups is 1. The maximum atomic E-state index is 10.9. The van der Waals surface area contributed by atoms with Crippen molar-refractivity contribution in [2.75, 3.05) is 19.5 Å². The molecule has 1 aromatic carbocycles. The zero-order valence-corrected chi connectivity index (χ0v) is 11.0. The Morgan fingerprint density at radius 3 is 2.50 bits per heavy atom. The van der Waals surface area contributed by atoms with E-state index in [1.54, 1.807) is 19.2 Å². The Morgan fingerprint density at radius 2 is 2.00 bits per heavy atom. The predicted molar refractivity (Wildman–Crippen MR) is 69.2 cm³/mol. The number of benzene rings is 1. The first-order valence-corrected chi connectivity index (χ1v) is 5.61. The molecule has 0 aliphatic rings. The Morgan fingerprint density at radius 1 is 1.33 bits per heavy atom.